The molecule has 112 valence electrons. The molecule has 0 spiro atoms. The Balaban J connectivity index is 2.13. The average Bonchev–Trinajstić information content (AvgIpc) is 2.53. The second kappa shape index (κ2) is 7.80. The first-order valence-electron chi connectivity index (χ1n) is 8.26. The number of likely N-dealkylation sites (tertiary alicyclic amines) is 1. The van der Waals surface area contributed by atoms with Crippen LogP contribution in [0.5, 0.6) is 0 Å². The first kappa shape index (κ1) is 15.5. The predicted molar refractivity (Wildman–Crippen MR) is 86.9 cm³/mol. The fraction of sp³-hybridized carbons (Fsp3) is 0.667. The van der Waals surface area contributed by atoms with Gasteiger partial charge in [0.1, 0.15) is 0 Å². The van der Waals surface area contributed by atoms with Crippen LogP contribution in [-0.2, 0) is 0 Å². The normalized spacial score (nSPS) is 23.4. The van der Waals surface area contributed by atoms with Crippen LogP contribution >= 0.6 is 0 Å². The van der Waals surface area contributed by atoms with E-state index in [1.807, 2.05) is 0 Å². The molecule has 3 atom stereocenters. The lowest BCUT2D eigenvalue weighted by Crippen LogP contribution is -2.48. The largest absolute Gasteiger partial charge is 0.312 e. The van der Waals surface area contributed by atoms with E-state index in [4.69, 9.17) is 0 Å². The highest BCUT2D eigenvalue weighted by atomic mass is 15.2. The quantitative estimate of drug-likeness (QED) is 0.847. The Morgan fingerprint density at radius 2 is 2.00 bits per heavy atom. The number of likely N-dealkylation sites (N-methyl/N-ethyl adjacent to an activating group) is 1. The molecular formula is C18H30N2. The molecule has 3 unspecified atom stereocenters. The van der Waals surface area contributed by atoms with Crippen LogP contribution < -0.4 is 5.32 Å². The van der Waals surface area contributed by atoms with Crippen LogP contribution in [0.2, 0.25) is 0 Å². The van der Waals surface area contributed by atoms with Crippen LogP contribution in [0.3, 0.4) is 0 Å². The number of nitrogens with zero attached hydrogens (tertiary/aromatic N) is 1. The second-order valence-electron chi connectivity index (χ2n) is 6.06. The summed E-state index contributed by atoms with van der Waals surface area (Å²) in [4.78, 5) is 2.73. The smallest absolute Gasteiger partial charge is 0.0475 e. The van der Waals surface area contributed by atoms with E-state index in [-0.39, 0.29) is 0 Å². The Morgan fingerprint density at radius 1 is 1.25 bits per heavy atom. The maximum Gasteiger partial charge on any atom is 0.0475 e. The van der Waals surface area contributed by atoms with Crippen molar-refractivity contribution >= 4 is 0 Å². The molecule has 1 N–H and O–H groups in total. The lowest BCUT2D eigenvalue weighted by Gasteiger charge is -2.41. The highest BCUT2D eigenvalue weighted by molar-refractivity contribution is 5.20. The summed E-state index contributed by atoms with van der Waals surface area (Å²) in [5.41, 5.74) is 1.42. The van der Waals surface area contributed by atoms with Crippen molar-refractivity contribution in [1.29, 1.82) is 0 Å². The summed E-state index contributed by atoms with van der Waals surface area (Å²) in [6, 6.07) is 12.0. The Morgan fingerprint density at radius 3 is 2.60 bits per heavy atom. The highest BCUT2D eigenvalue weighted by Gasteiger charge is 2.29. The van der Waals surface area contributed by atoms with Gasteiger partial charge in [0.25, 0.3) is 0 Å². The van der Waals surface area contributed by atoms with E-state index in [0.29, 0.717) is 12.1 Å². The average molecular weight is 274 g/mol. The van der Waals surface area contributed by atoms with Crippen LogP contribution in [0.25, 0.3) is 0 Å². The lowest BCUT2D eigenvalue weighted by molar-refractivity contribution is 0.0951. The van der Waals surface area contributed by atoms with Crippen molar-refractivity contribution in [2.45, 2.75) is 51.6 Å². The number of piperidine rings is 1. The fourth-order valence-electron chi connectivity index (χ4n) is 3.68. The van der Waals surface area contributed by atoms with Crippen LogP contribution in [0.4, 0.5) is 0 Å². The van der Waals surface area contributed by atoms with E-state index >= 15 is 0 Å². The van der Waals surface area contributed by atoms with Crippen LogP contribution in [0.1, 0.15) is 51.1 Å². The van der Waals surface area contributed by atoms with Crippen molar-refractivity contribution in [2.24, 2.45) is 5.92 Å². The topological polar surface area (TPSA) is 15.3 Å². The highest BCUT2D eigenvalue weighted by Crippen LogP contribution is 2.28. The summed E-state index contributed by atoms with van der Waals surface area (Å²) < 4.78 is 0. The summed E-state index contributed by atoms with van der Waals surface area (Å²) in [5, 5.41) is 3.56. The number of rotatable bonds is 6. The van der Waals surface area contributed by atoms with Crippen LogP contribution in [-0.4, -0.2) is 31.1 Å². The van der Waals surface area contributed by atoms with Gasteiger partial charge in [0, 0.05) is 18.6 Å². The summed E-state index contributed by atoms with van der Waals surface area (Å²) in [6.45, 7) is 7.20. The summed E-state index contributed by atoms with van der Waals surface area (Å²) in [7, 11) is 2.10. The molecule has 1 aromatic rings. The molecule has 2 heteroatoms. The maximum atomic E-state index is 3.56. The van der Waals surface area contributed by atoms with Gasteiger partial charge in [-0.1, -0.05) is 50.6 Å². The van der Waals surface area contributed by atoms with Gasteiger partial charge in [-0.15, -0.1) is 0 Å². The SMILES string of the molecule is CCC1CCCN(C(CC)C(NC)c2ccccc2)C1. The first-order chi connectivity index (χ1) is 9.80. The lowest BCUT2D eigenvalue weighted by atomic mass is 9.90. The molecular weight excluding hydrogens is 244 g/mol. The zero-order valence-electron chi connectivity index (χ0n) is 13.3. The minimum Gasteiger partial charge on any atom is -0.312 e. The summed E-state index contributed by atoms with van der Waals surface area (Å²) >= 11 is 0. The number of hydrogen-bond acceptors (Lipinski definition) is 2. The summed E-state index contributed by atoms with van der Waals surface area (Å²) in [6.07, 6.45) is 5.30. The van der Waals surface area contributed by atoms with Crippen molar-refractivity contribution in [1.82, 2.24) is 10.2 Å². The predicted octanol–water partition coefficient (Wildman–Crippen LogP) is 3.85. The Hall–Kier alpha value is -0.860. The van der Waals surface area contributed by atoms with Gasteiger partial charge < -0.3 is 5.32 Å². The molecule has 1 saturated heterocycles. The third kappa shape index (κ3) is 3.62. The molecule has 1 aromatic carbocycles. The van der Waals surface area contributed by atoms with Gasteiger partial charge in [0.2, 0.25) is 0 Å². The summed E-state index contributed by atoms with van der Waals surface area (Å²) in [5.74, 6) is 0.895. The van der Waals surface area contributed by atoms with E-state index in [2.05, 4.69) is 61.4 Å². The molecule has 1 aliphatic heterocycles. The Labute approximate surface area is 124 Å². The Bertz CT molecular complexity index is 376. The number of hydrogen-bond donors (Lipinski definition) is 1. The first-order valence-corrected chi connectivity index (χ1v) is 8.26. The molecule has 0 aliphatic carbocycles. The van der Waals surface area contributed by atoms with Crippen molar-refractivity contribution in [3.63, 3.8) is 0 Å². The second-order valence-corrected chi connectivity index (χ2v) is 6.06. The van der Waals surface area contributed by atoms with E-state index in [1.54, 1.807) is 0 Å². The number of benzene rings is 1. The zero-order valence-corrected chi connectivity index (χ0v) is 13.3. The number of nitrogens with one attached hydrogen (secondary N) is 1. The van der Waals surface area contributed by atoms with Crippen molar-refractivity contribution < 1.29 is 0 Å². The monoisotopic (exact) mass is 274 g/mol. The van der Waals surface area contributed by atoms with Crippen molar-refractivity contribution in [3.05, 3.63) is 35.9 Å². The molecule has 0 radical (unpaired) electrons. The van der Waals surface area contributed by atoms with Gasteiger partial charge in [0.05, 0.1) is 0 Å². The van der Waals surface area contributed by atoms with Crippen molar-refractivity contribution in [3.8, 4) is 0 Å². The van der Waals surface area contributed by atoms with E-state index < -0.39 is 0 Å². The molecule has 1 aliphatic rings. The third-order valence-corrected chi connectivity index (χ3v) is 4.87. The van der Waals surface area contributed by atoms with Gasteiger partial charge in [0.15, 0.2) is 0 Å². The van der Waals surface area contributed by atoms with Gasteiger partial charge in [-0.05, 0) is 44.3 Å². The van der Waals surface area contributed by atoms with Gasteiger partial charge >= 0.3 is 0 Å². The molecule has 2 nitrogen and oxygen atoms in total. The van der Waals surface area contributed by atoms with Crippen molar-refractivity contribution in [2.75, 3.05) is 20.1 Å². The maximum absolute atomic E-state index is 3.56. The molecule has 2 rings (SSSR count). The van der Waals surface area contributed by atoms with E-state index in [9.17, 15) is 0 Å². The Kier molecular flexibility index (Phi) is 6.06. The van der Waals surface area contributed by atoms with Gasteiger partial charge in [-0.25, -0.2) is 0 Å². The van der Waals surface area contributed by atoms with E-state index in [0.717, 1.165) is 5.92 Å². The molecule has 1 heterocycles. The minimum absolute atomic E-state index is 0.441. The molecule has 20 heavy (non-hydrogen) atoms. The molecule has 0 aromatic heterocycles. The molecule has 0 amide bonds. The minimum atomic E-state index is 0.441. The fourth-order valence-corrected chi connectivity index (χ4v) is 3.68. The molecule has 0 saturated carbocycles. The van der Waals surface area contributed by atoms with Gasteiger partial charge in [-0.3, -0.25) is 4.90 Å². The van der Waals surface area contributed by atoms with E-state index in [1.165, 1.54) is 44.3 Å². The van der Waals surface area contributed by atoms with Crippen LogP contribution in [0, 0.1) is 5.92 Å². The van der Waals surface area contributed by atoms with Gasteiger partial charge in [-0.2, -0.15) is 0 Å². The molecule has 1 fully saturated rings. The standard InChI is InChI=1S/C18H30N2/c1-4-15-10-9-13-20(14-15)17(5-2)18(19-3)16-11-7-6-8-12-16/h6-8,11-12,15,17-19H,4-5,9-10,13-14H2,1-3H3. The molecule has 0 bridgehead atoms. The zero-order chi connectivity index (χ0) is 14.4. The third-order valence-electron chi connectivity index (χ3n) is 4.87. The van der Waals surface area contributed by atoms with Crippen LogP contribution in [0.15, 0.2) is 30.3 Å².